The monoisotopic (exact) mass is 528 g/mol. The second kappa shape index (κ2) is 13.8. The molecule has 208 valence electrons. The van der Waals surface area contributed by atoms with Gasteiger partial charge in [0.2, 0.25) is 0 Å². The summed E-state index contributed by atoms with van der Waals surface area (Å²) in [6, 6.07) is 12.3. The number of benzene rings is 2. The van der Waals surface area contributed by atoms with Crippen molar-refractivity contribution < 1.29 is 28.5 Å². The molecule has 0 aromatic heterocycles. The first kappa shape index (κ1) is 31.4. The van der Waals surface area contributed by atoms with E-state index in [0.717, 1.165) is 22.3 Å². The van der Waals surface area contributed by atoms with Gasteiger partial charge in [-0.15, -0.1) is 0 Å². The number of aliphatic hydroxyl groups is 2. The van der Waals surface area contributed by atoms with Crippen LogP contribution < -0.4 is 0 Å². The van der Waals surface area contributed by atoms with E-state index in [4.69, 9.17) is 4.74 Å². The van der Waals surface area contributed by atoms with Gasteiger partial charge in [-0.25, -0.2) is 8.78 Å². The Labute approximate surface area is 226 Å². The fourth-order valence-electron chi connectivity index (χ4n) is 4.81. The summed E-state index contributed by atoms with van der Waals surface area (Å²) in [7, 11) is 0. The Bertz CT molecular complexity index is 1040. The minimum absolute atomic E-state index is 0.0422. The van der Waals surface area contributed by atoms with Gasteiger partial charge in [-0.3, -0.25) is 4.79 Å². The molecule has 0 saturated carbocycles. The summed E-state index contributed by atoms with van der Waals surface area (Å²) in [6.45, 7) is 13.7. The molecule has 0 amide bonds. The molecule has 2 N–H and O–H groups in total. The molecule has 0 aliphatic rings. The molecule has 2 aromatic rings. The summed E-state index contributed by atoms with van der Waals surface area (Å²) in [5.41, 5.74) is 2.60. The molecule has 2 rings (SSSR count). The topological polar surface area (TPSA) is 66.8 Å². The van der Waals surface area contributed by atoms with E-state index >= 15 is 0 Å². The van der Waals surface area contributed by atoms with Crippen LogP contribution in [0.25, 0.3) is 5.57 Å². The first-order valence-electron chi connectivity index (χ1n) is 13.2. The molecular weight excluding hydrogens is 486 g/mol. The van der Waals surface area contributed by atoms with Crippen molar-refractivity contribution in [2.75, 3.05) is 0 Å². The number of ether oxygens (including phenoxy) is 1. The van der Waals surface area contributed by atoms with Crippen LogP contribution in [0.5, 0.6) is 0 Å². The number of halogens is 2. The van der Waals surface area contributed by atoms with Crippen LogP contribution in [0.3, 0.4) is 0 Å². The van der Waals surface area contributed by atoms with Gasteiger partial charge in [-0.05, 0) is 85.1 Å². The minimum Gasteiger partial charge on any atom is -0.460 e. The second-order valence-electron chi connectivity index (χ2n) is 11.5. The number of allylic oxidation sites excluding steroid dienone is 2. The van der Waals surface area contributed by atoms with E-state index in [2.05, 4.69) is 27.7 Å². The molecule has 6 heteroatoms. The van der Waals surface area contributed by atoms with Crippen molar-refractivity contribution in [2.45, 2.75) is 79.1 Å². The second-order valence-corrected chi connectivity index (χ2v) is 11.5. The van der Waals surface area contributed by atoms with Crippen LogP contribution in [-0.4, -0.2) is 34.0 Å². The SMILES string of the molecule is CC(C)C(C(/C=C/C(O)CC(O)CC(=O)OC(C)(C)C)=C(c1ccc(F)cc1)c1ccc(F)cc1)C(C)C. The molecule has 2 unspecified atom stereocenters. The predicted molar refractivity (Wildman–Crippen MR) is 148 cm³/mol. The summed E-state index contributed by atoms with van der Waals surface area (Å²) < 4.78 is 32.9. The normalized spacial score (nSPS) is 13.8. The van der Waals surface area contributed by atoms with Gasteiger partial charge >= 0.3 is 5.97 Å². The highest BCUT2D eigenvalue weighted by molar-refractivity contribution is 5.84. The van der Waals surface area contributed by atoms with Crippen molar-refractivity contribution in [3.05, 3.63) is 89.0 Å². The zero-order valence-corrected chi connectivity index (χ0v) is 23.5. The molecule has 0 bridgehead atoms. The van der Waals surface area contributed by atoms with Gasteiger partial charge in [0, 0.05) is 6.42 Å². The smallest absolute Gasteiger partial charge is 0.308 e. The van der Waals surface area contributed by atoms with Crippen LogP contribution in [0.2, 0.25) is 0 Å². The molecule has 0 heterocycles. The quantitative estimate of drug-likeness (QED) is 0.241. The molecule has 0 fully saturated rings. The lowest BCUT2D eigenvalue weighted by Crippen LogP contribution is -2.27. The lowest BCUT2D eigenvalue weighted by atomic mass is 9.75. The number of rotatable bonds is 11. The fraction of sp³-hybridized carbons (Fsp3) is 0.469. The van der Waals surface area contributed by atoms with Crippen molar-refractivity contribution in [1.82, 2.24) is 0 Å². The third-order valence-electron chi connectivity index (χ3n) is 6.18. The van der Waals surface area contributed by atoms with Crippen molar-refractivity contribution >= 4 is 11.5 Å². The summed E-state index contributed by atoms with van der Waals surface area (Å²) in [4.78, 5) is 12.1. The van der Waals surface area contributed by atoms with E-state index < -0.39 is 23.8 Å². The minimum atomic E-state index is -1.07. The Balaban J connectivity index is 2.53. The van der Waals surface area contributed by atoms with Crippen molar-refractivity contribution in [1.29, 1.82) is 0 Å². The van der Waals surface area contributed by atoms with Gasteiger partial charge in [0.1, 0.15) is 17.2 Å². The van der Waals surface area contributed by atoms with E-state index in [-0.39, 0.29) is 42.2 Å². The molecule has 0 saturated heterocycles. The Morgan fingerprint density at radius 2 is 1.32 bits per heavy atom. The summed E-state index contributed by atoms with van der Waals surface area (Å²) in [6.07, 6.45) is 1.10. The number of hydrogen-bond acceptors (Lipinski definition) is 4. The summed E-state index contributed by atoms with van der Waals surface area (Å²) >= 11 is 0. The standard InChI is InChI=1S/C32H42F2O4/c1-20(2)30(21(3)4)28(17-16-26(35)18-27(36)19-29(37)38-32(5,6)7)31(22-8-12-24(33)13-9-22)23-10-14-25(34)15-11-23/h8-17,20-21,26-27,30,35-36H,18-19H2,1-7H3/b17-16+. The maximum atomic E-state index is 13.8. The zero-order chi connectivity index (χ0) is 28.6. The van der Waals surface area contributed by atoms with Crippen LogP contribution in [0.15, 0.2) is 66.3 Å². The molecular formula is C32H42F2O4. The van der Waals surface area contributed by atoms with E-state index in [1.54, 1.807) is 51.1 Å². The van der Waals surface area contributed by atoms with Crippen LogP contribution in [0.4, 0.5) is 8.78 Å². The van der Waals surface area contributed by atoms with Gasteiger partial charge < -0.3 is 14.9 Å². The highest BCUT2D eigenvalue weighted by Crippen LogP contribution is 2.38. The number of carbonyl (C=O) groups is 1. The van der Waals surface area contributed by atoms with E-state index in [0.29, 0.717) is 0 Å². The van der Waals surface area contributed by atoms with Crippen molar-refractivity contribution in [2.24, 2.45) is 17.8 Å². The molecule has 4 nitrogen and oxygen atoms in total. The Kier molecular flexibility index (Phi) is 11.4. The zero-order valence-electron chi connectivity index (χ0n) is 23.5. The van der Waals surface area contributed by atoms with Gasteiger partial charge in [-0.2, -0.15) is 0 Å². The molecule has 0 spiro atoms. The molecule has 38 heavy (non-hydrogen) atoms. The average Bonchev–Trinajstić information content (AvgIpc) is 2.77. The van der Waals surface area contributed by atoms with Gasteiger partial charge in [-0.1, -0.05) is 64.1 Å². The van der Waals surface area contributed by atoms with Crippen LogP contribution in [0, 0.1) is 29.4 Å². The summed E-state index contributed by atoms with van der Waals surface area (Å²) in [5, 5.41) is 21.1. The van der Waals surface area contributed by atoms with Crippen molar-refractivity contribution in [3.63, 3.8) is 0 Å². The third kappa shape index (κ3) is 9.80. The maximum absolute atomic E-state index is 13.8. The Morgan fingerprint density at radius 3 is 1.71 bits per heavy atom. The largest absolute Gasteiger partial charge is 0.460 e. The van der Waals surface area contributed by atoms with Gasteiger partial charge in [0.15, 0.2) is 0 Å². The van der Waals surface area contributed by atoms with Gasteiger partial charge in [0.05, 0.1) is 18.6 Å². The Hall–Kier alpha value is -2.83. The number of aliphatic hydroxyl groups excluding tert-OH is 2. The maximum Gasteiger partial charge on any atom is 0.308 e. The fourth-order valence-corrected chi connectivity index (χ4v) is 4.81. The summed E-state index contributed by atoms with van der Waals surface area (Å²) in [5.74, 6) is -0.751. The lowest BCUT2D eigenvalue weighted by Gasteiger charge is -2.29. The number of hydrogen-bond donors (Lipinski definition) is 2. The lowest BCUT2D eigenvalue weighted by molar-refractivity contribution is -0.157. The first-order chi connectivity index (χ1) is 17.7. The number of carbonyl (C=O) groups excluding carboxylic acids is 1. The van der Waals surface area contributed by atoms with Crippen LogP contribution in [-0.2, 0) is 9.53 Å². The molecule has 2 aromatic carbocycles. The average molecular weight is 529 g/mol. The van der Waals surface area contributed by atoms with Crippen LogP contribution in [0.1, 0.15) is 72.4 Å². The molecule has 0 aliphatic carbocycles. The molecule has 0 radical (unpaired) electrons. The highest BCUT2D eigenvalue weighted by atomic mass is 19.1. The van der Waals surface area contributed by atoms with Crippen molar-refractivity contribution in [3.8, 4) is 0 Å². The molecule has 2 atom stereocenters. The highest BCUT2D eigenvalue weighted by Gasteiger charge is 2.26. The van der Waals surface area contributed by atoms with E-state index in [9.17, 15) is 23.8 Å². The van der Waals surface area contributed by atoms with Gasteiger partial charge in [0.25, 0.3) is 0 Å². The Morgan fingerprint density at radius 1 is 0.868 bits per heavy atom. The van der Waals surface area contributed by atoms with Crippen LogP contribution >= 0.6 is 0 Å². The predicted octanol–water partition coefficient (Wildman–Crippen LogP) is 7.09. The van der Waals surface area contributed by atoms with E-state index in [1.807, 2.05) is 6.08 Å². The third-order valence-corrected chi connectivity index (χ3v) is 6.18. The number of esters is 1. The molecule has 0 aliphatic heterocycles. The van der Waals surface area contributed by atoms with E-state index in [1.165, 1.54) is 24.3 Å². The first-order valence-corrected chi connectivity index (χ1v) is 13.2.